The molecule has 0 spiro atoms. The first-order valence-corrected chi connectivity index (χ1v) is 9.86. The minimum atomic E-state index is -0.292. The molecule has 156 valence electrons. The SMILES string of the molecule is COCCN(CCC(=O)NCC1CCCO1)C(=O)c1cc(-c2ccccc2)on1. The minimum Gasteiger partial charge on any atom is -0.383 e. The summed E-state index contributed by atoms with van der Waals surface area (Å²) in [5, 5.41) is 6.79. The largest absolute Gasteiger partial charge is 0.383 e. The van der Waals surface area contributed by atoms with Gasteiger partial charge in [-0.15, -0.1) is 0 Å². The molecule has 3 rings (SSSR count). The number of methoxy groups -OCH3 is 1. The molecule has 2 amide bonds. The molecule has 8 nitrogen and oxygen atoms in total. The fraction of sp³-hybridized carbons (Fsp3) is 0.476. The van der Waals surface area contributed by atoms with Crippen molar-refractivity contribution < 1.29 is 23.6 Å². The molecule has 8 heteroatoms. The van der Waals surface area contributed by atoms with Gasteiger partial charge in [0.15, 0.2) is 11.5 Å². The van der Waals surface area contributed by atoms with Gasteiger partial charge in [0.2, 0.25) is 5.91 Å². The van der Waals surface area contributed by atoms with Crippen molar-refractivity contribution >= 4 is 11.8 Å². The topological polar surface area (TPSA) is 93.9 Å². The zero-order valence-electron chi connectivity index (χ0n) is 16.6. The third-order valence-corrected chi connectivity index (χ3v) is 4.80. The highest BCUT2D eigenvalue weighted by Gasteiger charge is 2.22. The summed E-state index contributed by atoms with van der Waals surface area (Å²) in [5.41, 5.74) is 1.05. The first kappa shape index (κ1) is 21.0. The van der Waals surface area contributed by atoms with Gasteiger partial charge in [0.1, 0.15) is 0 Å². The van der Waals surface area contributed by atoms with Crippen molar-refractivity contribution in [3.8, 4) is 11.3 Å². The van der Waals surface area contributed by atoms with E-state index in [-0.39, 0.29) is 36.6 Å². The number of carbonyl (C=O) groups is 2. The molecule has 1 atom stereocenters. The lowest BCUT2D eigenvalue weighted by molar-refractivity contribution is -0.121. The summed E-state index contributed by atoms with van der Waals surface area (Å²) in [6.45, 7) is 2.26. The molecule has 2 heterocycles. The summed E-state index contributed by atoms with van der Waals surface area (Å²) in [4.78, 5) is 26.6. The number of hydrogen-bond donors (Lipinski definition) is 1. The van der Waals surface area contributed by atoms with Crippen LogP contribution in [0.4, 0.5) is 0 Å². The van der Waals surface area contributed by atoms with Crippen LogP contribution in [0.15, 0.2) is 40.9 Å². The number of aromatic nitrogens is 1. The Morgan fingerprint density at radius 1 is 1.28 bits per heavy atom. The number of carbonyl (C=O) groups excluding carboxylic acids is 2. The Balaban J connectivity index is 1.56. The van der Waals surface area contributed by atoms with Crippen molar-refractivity contribution in [2.45, 2.75) is 25.4 Å². The van der Waals surface area contributed by atoms with Crippen LogP contribution < -0.4 is 5.32 Å². The van der Waals surface area contributed by atoms with E-state index >= 15 is 0 Å². The van der Waals surface area contributed by atoms with Crippen LogP contribution in [0.1, 0.15) is 29.8 Å². The smallest absolute Gasteiger partial charge is 0.276 e. The first-order valence-electron chi connectivity index (χ1n) is 9.86. The number of rotatable bonds is 10. The predicted octanol–water partition coefficient (Wildman–Crippen LogP) is 2.12. The molecule has 1 aromatic carbocycles. The van der Waals surface area contributed by atoms with E-state index in [0.717, 1.165) is 25.0 Å². The number of benzene rings is 1. The summed E-state index contributed by atoms with van der Waals surface area (Å²) in [6, 6.07) is 11.1. The van der Waals surface area contributed by atoms with Gasteiger partial charge in [-0.2, -0.15) is 0 Å². The Bertz CT molecular complexity index is 787. The van der Waals surface area contributed by atoms with Crippen LogP contribution in [0.2, 0.25) is 0 Å². The zero-order chi connectivity index (χ0) is 20.5. The third-order valence-electron chi connectivity index (χ3n) is 4.80. The molecule has 0 aliphatic carbocycles. The standard InChI is InChI=1S/C21H27N3O5/c1-27-13-11-24(10-9-20(25)22-15-17-8-5-12-28-17)21(26)18-14-19(29-23-18)16-6-3-2-4-7-16/h2-4,6-7,14,17H,5,8-13,15H2,1H3,(H,22,25). The molecule has 0 radical (unpaired) electrons. The van der Waals surface area contributed by atoms with Gasteiger partial charge < -0.3 is 24.2 Å². The van der Waals surface area contributed by atoms with E-state index in [4.69, 9.17) is 14.0 Å². The number of nitrogens with zero attached hydrogens (tertiary/aromatic N) is 2. The molecule has 2 aromatic rings. The predicted molar refractivity (Wildman–Crippen MR) is 106 cm³/mol. The first-order chi connectivity index (χ1) is 14.2. The number of nitrogens with one attached hydrogen (secondary N) is 1. The zero-order valence-corrected chi connectivity index (χ0v) is 16.6. The maximum Gasteiger partial charge on any atom is 0.276 e. The van der Waals surface area contributed by atoms with E-state index in [1.165, 1.54) is 0 Å². The van der Waals surface area contributed by atoms with Crippen molar-refractivity contribution in [1.82, 2.24) is 15.4 Å². The molecule has 1 N–H and O–H groups in total. The van der Waals surface area contributed by atoms with E-state index in [2.05, 4.69) is 10.5 Å². The number of hydrogen-bond acceptors (Lipinski definition) is 6. The summed E-state index contributed by atoms with van der Waals surface area (Å²) in [7, 11) is 1.57. The van der Waals surface area contributed by atoms with Crippen molar-refractivity contribution in [2.75, 3.05) is 40.0 Å². The van der Waals surface area contributed by atoms with Crippen LogP contribution >= 0.6 is 0 Å². The summed E-state index contributed by atoms with van der Waals surface area (Å²) >= 11 is 0. The van der Waals surface area contributed by atoms with E-state index < -0.39 is 0 Å². The Labute approximate surface area is 170 Å². The lowest BCUT2D eigenvalue weighted by atomic mass is 10.1. The molecule has 1 aliphatic rings. The van der Waals surface area contributed by atoms with E-state index in [9.17, 15) is 9.59 Å². The summed E-state index contributed by atoms with van der Waals surface area (Å²) in [6.07, 6.45) is 2.29. The lowest BCUT2D eigenvalue weighted by Gasteiger charge is -2.21. The molecule has 1 unspecified atom stereocenters. The second-order valence-corrected chi connectivity index (χ2v) is 6.92. The van der Waals surface area contributed by atoms with Crippen LogP contribution in [-0.4, -0.2) is 67.9 Å². The van der Waals surface area contributed by atoms with Crippen LogP contribution in [0.3, 0.4) is 0 Å². The van der Waals surface area contributed by atoms with Gasteiger partial charge in [-0.05, 0) is 12.8 Å². The fourth-order valence-electron chi connectivity index (χ4n) is 3.15. The second kappa shape index (κ2) is 10.7. The molecule has 0 saturated carbocycles. The van der Waals surface area contributed by atoms with Gasteiger partial charge in [-0.3, -0.25) is 9.59 Å². The summed E-state index contributed by atoms with van der Waals surface area (Å²) < 4.78 is 15.9. The minimum absolute atomic E-state index is 0.0942. The maximum absolute atomic E-state index is 12.9. The van der Waals surface area contributed by atoms with Crippen molar-refractivity contribution in [3.05, 3.63) is 42.1 Å². The highest BCUT2D eigenvalue weighted by Crippen LogP contribution is 2.20. The van der Waals surface area contributed by atoms with Gasteiger partial charge in [0.25, 0.3) is 5.91 Å². The van der Waals surface area contributed by atoms with Crippen molar-refractivity contribution in [2.24, 2.45) is 0 Å². The van der Waals surface area contributed by atoms with Crippen molar-refractivity contribution in [3.63, 3.8) is 0 Å². The van der Waals surface area contributed by atoms with Crippen LogP contribution in [-0.2, 0) is 14.3 Å². The number of amides is 2. The molecule has 1 saturated heterocycles. The monoisotopic (exact) mass is 401 g/mol. The maximum atomic E-state index is 12.9. The molecule has 0 bridgehead atoms. The van der Waals surface area contributed by atoms with Crippen LogP contribution in [0.25, 0.3) is 11.3 Å². The van der Waals surface area contributed by atoms with E-state index in [0.29, 0.717) is 25.5 Å². The van der Waals surface area contributed by atoms with Gasteiger partial charge in [0, 0.05) is 51.4 Å². The van der Waals surface area contributed by atoms with Crippen molar-refractivity contribution in [1.29, 1.82) is 0 Å². The summed E-state index contributed by atoms with van der Waals surface area (Å²) in [5.74, 6) is 0.121. The Hall–Kier alpha value is -2.71. The molecule has 1 aliphatic heterocycles. The normalized spacial score (nSPS) is 16.0. The molecular weight excluding hydrogens is 374 g/mol. The molecule has 29 heavy (non-hydrogen) atoms. The van der Waals surface area contributed by atoms with Gasteiger partial charge in [-0.1, -0.05) is 35.5 Å². The van der Waals surface area contributed by atoms with Gasteiger partial charge in [0.05, 0.1) is 12.7 Å². The molecular formula is C21H27N3O5. The van der Waals surface area contributed by atoms with Gasteiger partial charge >= 0.3 is 0 Å². The Kier molecular flexibility index (Phi) is 7.77. The number of ether oxygens (including phenoxy) is 2. The van der Waals surface area contributed by atoms with Crippen LogP contribution in [0, 0.1) is 0 Å². The van der Waals surface area contributed by atoms with Crippen LogP contribution in [0.5, 0.6) is 0 Å². The third kappa shape index (κ3) is 6.13. The Morgan fingerprint density at radius 2 is 2.10 bits per heavy atom. The molecule has 1 fully saturated rings. The lowest BCUT2D eigenvalue weighted by Crippen LogP contribution is -2.38. The fourth-order valence-corrected chi connectivity index (χ4v) is 3.15. The van der Waals surface area contributed by atoms with E-state index in [1.807, 2.05) is 30.3 Å². The Morgan fingerprint density at radius 3 is 2.83 bits per heavy atom. The molecule has 1 aromatic heterocycles. The second-order valence-electron chi connectivity index (χ2n) is 6.92. The quantitative estimate of drug-likeness (QED) is 0.655. The van der Waals surface area contributed by atoms with E-state index in [1.54, 1.807) is 18.1 Å². The van der Waals surface area contributed by atoms with Gasteiger partial charge in [-0.25, -0.2) is 0 Å². The average Bonchev–Trinajstić information content (AvgIpc) is 3.45. The average molecular weight is 401 g/mol. The highest BCUT2D eigenvalue weighted by atomic mass is 16.5. The highest BCUT2D eigenvalue weighted by molar-refractivity contribution is 5.93.